The van der Waals surface area contributed by atoms with Crippen molar-refractivity contribution in [2.75, 3.05) is 37.7 Å². The third-order valence-corrected chi connectivity index (χ3v) is 8.19. The quantitative estimate of drug-likeness (QED) is 0.420. The zero-order chi connectivity index (χ0) is 24.0. The largest absolute Gasteiger partial charge is 0.461 e. The standard InChI is InChI=1S/C23H28BrClF2N6O/c1-3-14-11-33(15(4-2)9-28-14)21-16-18(17(27)20(25)30-19(16)24)29-22(31-21)34-12-23-6-5-7-32(23)10-13(26)8-23/h4,13-15,28H,2-3,5-12H2,1H3/t13-,14-,15+,23+/m1/s1. The monoisotopic (exact) mass is 556 g/mol. The summed E-state index contributed by atoms with van der Waals surface area (Å²) in [5, 5.41) is 3.66. The van der Waals surface area contributed by atoms with E-state index in [2.05, 4.69) is 54.5 Å². The highest BCUT2D eigenvalue weighted by atomic mass is 79.9. The third-order valence-electron chi connectivity index (χ3n) is 7.36. The van der Waals surface area contributed by atoms with E-state index in [1.54, 1.807) is 0 Å². The fraction of sp³-hybridized carbons (Fsp3) is 0.609. The van der Waals surface area contributed by atoms with Crippen LogP contribution in [0.1, 0.15) is 32.6 Å². The molecule has 2 aromatic heterocycles. The lowest BCUT2D eigenvalue weighted by molar-refractivity contribution is 0.107. The summed E-state index contributed by atoms with van der Waals surface area (Å²) in [6.45, 7) is 8.96. The number of ether oxygens (including phenoxy) is 1. The number of nitrogens with one attached hydrogen (secondary N) is 1. The number of anilines is 1. The lowest BCUT2D eigenvalue weighted by Crippen LogP contribution is -2.56. The Morgan fingerprint density at radius 2 is 2.18 bits per heavy atom. The Kier molecular flexibility index (Phi) is 6.69. The zero-order valence-corrected chi connectivity index (χ0v) is 21.4. The molecule has 3 aliphatic rings. The van der Waals surface area contributed by atoms with E-state index in [0.29, 0.717) is 41.9 Å². The van der Waals surface area contributed by atoms with Crippen molar-refractivity contribution in [2.24, 2.45) is 0 Å². The second-order valence-electron chi connectivity index (χ2n) is 9.39. The number of pyridine rings is 1. The molecule has 4 atom stereocenters. The van der Waals surface area contributed by atoms with Crippen molar-refractivity contribution in [2.45, 2.75) is 56.4 Å². The van der Waals surface area contributed by atoms with Gasteiger partial charge in [0.05, 0.1) is 17.0 Å². The summed E-state index contributed by atoms with van der Waals surface area (Å²) in [4.78, 5) is 17.5. The topological polar surface area (TPSA) is 66.4 Å². The van der Waals surface area contributed by atoms with E-state index < -0.39 is 12.0 Å². The van der Waals surface area contributed by atoms with E-state index in [1.807, 2.05) is 6.08 Å². The van der Waals surface area contributed by atoms with Gasteiger partial charge in [-0.1, -0.05) is 24.6 Å². The molecule has 0 unspecified atom stereocenters. The van der Waals surface area contributed by atoms with E-state index >= 15 is 4.39 Å². The van der Waals surface area contributed by atoms with Crippen LogP contribution >= 0.6 is 27.5 Å². The van der Waals surface area contributed by atoms with Gasteiger partial charge in [-0.3, -0.25) is 4.90 Å². The number of alkyl halides is 1. The minimum atomic E-state index is -0.865. The number of piperazine rings is 1. The summed E-state index contributed by atoms with van der Waals surface area (Å²) in [5.41, 5.74) is -0.323. The predicted molar refractivity (Wildman–Crippen MR) is 132 cm³/mol. The Balaban J connectivity index is 1.57. The molecule has 11 heteroatoms. The minimum Gasteiger partial charge on any atom is -0.461 e. The van der Waals surface area contributed by atoms with Crippen molar-refractivity contribution in [3.05, 3.63) is 28.2 Å². The number of aromatic nitrogens is 3. The number of fused-ring (bicyclic) bond motifs is 2. The summed E-state index contributed by atoms with van der Waals surface area (Å²) >= 11 is 9.48. The van der Waals surface area contributed by atoms with Crippen molar-refractivity contribution in [1.82, 2.24) is 25.2 Å². The first-order valence-corrected chi connectivity index (χ1v) is 12.9. The highest BCUT2D eigenvalue weighted by Gasteiger charge is 2.49. The number of nitrogens with zero attached hydrogens (tertiary/aromatic N) is 5. The first kappa shape index (κ1) is 24.1. The predicted octanol–water partition coefficient (Wildman–Crippen LogP) is 4.28. The zero-order valence-electron chi connectivity index (χ0n) is 19.0. The van der Waals surface area contributed by atoms with Gasteiger partial charge in [-0.25, -0.2) is 13.8 Å². The lowest BCUT2D eigenvalue weighted by Gasteiger charge is -2.40. The highest BCUT2D eigenvalue weighted by Crippen LogP contribution is 2.41. The Hall–Kier alpha value is -1.62. The molecule has 0 aromatic carbocycles. The van der Waals surface area contributed by atoms with Crippen molar-refractivity contribution in [3.63, 3.8) is 0 Å². The molecular formula is C23H28BrClF2N6O. The first-order valence-electron chi connectivity index (χ1n) is 11.7. The Morgan fingerprint density at radius 1 is 1.35 bits per heavy atom. The van der Waals surface area contributed by atoms with Crippen LogP contribution in [0.25, 0.3) is 10.9 Å². The summed E-state index contributed by atoms with van der Waals surface area (Å²) in [5.74, 6) is -0.216. The normalized spacial score (nSPS) is 29.6. The summed E-state index contributed by atoms with van der Waals surface area (Å²) in [6, 6.07) is 0.222. The lowest BCUT2D eigenvalue weighted by atomic mass is 9.95. The number of hydrogen-bond donors (Lipinski definition) is 1. The van der Waals surface area contributed by atoms with Gasteiger partial charge in [0.2, 0.25) is 0 Å². The summed E-state index contributed by atoms with van der Waals surface area (Å²) < 4.78 is 35.8. The van der Waals surface area contributed by atoms with Crippen LogP contribution in [-0.4, -0.2) is 76.4 Å². The minimum absolute atomic E-state index is 0.0387. The third kappa shape index (κ3) is 4.16. The van der Waals surface area contributed by atoms with E-state index in [1.165, 1.54) is 0 Å². The van der Waals surface area contributed by atoms with Crippen molar-refractivity contribution in [3.8, 4) is 6.01 Å². The Morgan fingerprint density at radius 3 is 2.94 bits per heavy atom. The van der Waals surface area contributed by atoms with E-state index in [0.717, 1.165) is 25.8 Å². The van der Waals surface area contributed by atoms with Gasteiger partial charge in [-0.15, -0.1) is 6.58 Å². The molecular weight excluding hydrogens is 530 g/mol. The molecule has 1 N–H and O–H groups in total. The Labute approximate surface area is 211 Å². The van der Waals surface area contributed by atoms with Crippen molar-refractivity contribution < 1.29 is 13.5 Å². The molecule has 3 fully saturated rings. The van der Waals surface area contributed by atoms with Gasteiger partial charge < -0.3 is 15.0 Å². The summed E-state index contributed by atoms with van der Waals surface area (Å²) in [6.07, 6.45) is 4.19. The highest BCUT2D eigenvalue weighted by molar-refractivity contribution is 9.10. The molecule has 3 aliphatic heterocycles. The van der Waals surface area contributed by atoms with E-state index in [9.17, 15) is 4.39 Å². The molecule has 5 heterocycles. The van der Waals surface area contributed by atoms with Gasteiger partial charge in [0.1, 0.15) is 28.7 Å². The van der Waals surface area contributed by atoms with Crippen LogP contribution in [-0.2, 0) is 0 Å². The van der Waals surface area contributed by atoms with E-state index in [4.69, 9.17) is 21.3 Å². The molecule has 34 heavy (non-hydrogen) atoms. The summed E-state index contributed by atoms with van der Waals surface area (Å²) in [7, 11) is 0. The Bertz CT molecular complexity index is 1110. The molecule has 5 rings (SSSR count). The molecule has 184 valence electrons. The average Bonchev–Trinajstić information content (AvgIpc) is 3.35. The first-order chi connectivity index (χ1) is 16.3. The molecule has 0 aliphatic carbocycles. The second kappa shape index (κ2) is 9.44. The maximum atomic E-state index is 15.2. The van der Waals surface area contributed by atoms with Gasteiger partial charge in [0.25, 0.3) is 0 Å². The van der Waals surface area contributed by atoms with Crippen LogP contribution in [0, 0.1) is 5.82 Å². The maximum absolute atomic E-state index is 15.2. The van der Waals surface area contributed by atoms with Gasteiger partial charge >= 0.3 is 6.01 Å². The van der Waals surface area contributed by atoms with Crippen LogP contribution in [0.5, 0.6) is 6.01 Å². The molecule has 0 bridgehead atoms. The van der Waals surface area contributed by atoms with Crippen LogP contribution in [0.3, 0.4) is 0 Å². The molecule has 0 spiro atoms. The number of halogens is 4. The van der Waals surface area contributed by atoms with Gasteiger partial charge in [-0.2, -0.15) is 9.97 Å². The van der Waals surface area contributed by atoms with Crippen molar-refractivity contribution in [1.29, 1.82) is 0 Å². The van der Waals surface area contributed by atoms with Gasteiger partial charge in [-0.05, 0) is 41.7 Å². The molecule has 3 saturated heterocycles. The smallest absolute Gasteiger partial charge is 0.319 e. The number of rotatable bonds is 6. The van der Waals surface area contributed by atoms with Crippen LogP contribution in [0.4, 0.5) is 14.6 Å². The van der Waals surface area contributed by atoms with Crippen molar-refractivity contribution >= 4 is 44.3 Å². The molecule has 0 radical (unpaired) electrons. The molecule has 0 saturated carbocycles. The van der Waals surface area contributed by atoms with Gasteiger partial charge in [0.15, 0.2) is 11.0 Å². The molecule has 7 nitrogen and oxygen atoms in total. The molecule has 2 aromatic rings. The van der Waals surface area contributed by atoms with E-state index in [-0.39, 0.29) is 40.9 Å². The van der Waals surface area contributed by atoms with Crippen LogP contribution < -0.4 is 15.0 Å². The fourth-order valence-electron chi connectivity index (χ4n) is 5.55. The number of hydrogen-bond acceptors (Lipinski definition) is 7. The molecule has 0 amide bonds. The second-order valence-corrected chi connectivity index (χ2v) is 10.5. The van der Waals surface area contributed by atoms with Crippen LogP contribution in [0.15, 0.2) is 17.3 Å². The average molecular weight is 558 g/mol. The SMILES string of the molecule is C=C[C@H]1CN[C@H](CC)CN1c1nc(OC[C@@]23CCCN2C[C@H](F)C3)nc2c(F)c(Cl)nc(Br)c12. The maximum Gasteiger partial charge on any atom is 0.319 e. The fourth-order valence-corrected chi connectivity index (χ4v) is 6.37. The van der Waals surface area contributed by atoms with Gasteiger partial charge in [0, 0.05) is 32.1 Å². The van der Waals surface area contributed by atoms with Crippen LogP contribution in [0.2, 0.25) is 5.15 Å².